The van der Waals surface area contributed by atoms with Crippen LogP contribution in [0.3, 0.4) is 0 Å². The van der Waals surface area contributed by atoms with Crippen LogP contribution < -0.4 is 14.9 Å². The summed E-state index contributed by atoms with van der Waals surface area (Å²) in [6.45, 7) is 5.87. The molecule has 2 aliphatic heterocycles. The van der Waals surface area contributed by atoms with Crippen LogP contribution in [-0.4, -0.2) is 42.9 Å². The zero-order chi connectivity index (χ0) is 21.5. The van der Waals surface area contributed by atoms with Crippen LogP contribution in [0.1, 0.15) is 43.5 Å². The first kappa shape index (κ1) is 21.2. The van der Waals surface area contributed by atoms with Crippen LogP contribution in [0.15, 0.2) is 40.0 Å². The van der Waals surface area contributed by atoms with Gasteiger partial charge in [0.05, 0.1) is 12.1 Å². The maximum atomic E-state index is 13.0. The molecule has 4 heterocycles. The minimum atomic E-state index is -4.11. The molecule has 3 N–H and O–H groups in total. The molecule has 0 aromatic carbocycles. The zero-order valence-corrected chi connectivity index (χ0v) is 19.3. The van der Waals surface area contributed by atoms with Gasteiger partial charge in [-0.1, -0.05) is 6.07 Å². The van der Waals surface area contributed by atoms with Crippen molar-refractivity contribution >= 4 is 43.5 Å². The number of nitrogens with one attached hydrogen (secondary N) is 1. The third-order valence-corrected chi connectivity index (χ3v) is 7.39. The van der Waals surface area contributed by atoms with Gasteiger partial charge in [-0.3, -0.25) is 10.1 Å². The van der Waals surface area contributed by atoms with Crippen LogP contribution in [0, 0.1) is 5.92 Å². The van der Waals surface area contributed by atoms with Gasteiger partial charge in [0.15, 0.2) is 5.03 Å². The number of halogens is 1. The van der Waals surface area contributed by atoms with Gasteiger partial charge in [0.2, 0.25) is 5.82 Å². The van der Waals surface area contributed by atoms with Gasteiger partial charge in [0, 0.05) is 18.2 Å². The quantitative estimate of drug-likeness (QED) is 0.541. The summed E-state index contributed by atoms with van der Waals surface area (Å²) in [5.74, 6) is 0.848. The van der Waals surface area contributed by atoms with Gasteiger partial charge in [-0.15, -0.1) is 0 Å². The van der Waals surface area contributed by atoms with Crippen molar-refractivity contribution in [2.24, 2.45) is 5.92 Å². The van der Waals surface area contributed by atoms with E-state index < -0.39 is 15.9 Å². The SMILES string of the molecule is CC1(C)C[C@@H]2CCC[NH2+]c3cccc(n3)S(=O)(=O)NC(=O)c3ccc(Br)nc3N1C2. The molecule has 0 saturated carbocycles. The van der Waals surface area contributed by atoms with Gasteiger partial charge in [-0.05, 0) is 73.2 Å². The molecule has 2 aliphatic rings. The van der Waals surface area contributed by atoms with Gasteiger partial charge in [-0.2, -0.15) is 13.4 Å². The highest BCUT2D eigenvalue weighted by atomic mass is 79.9. The van der Waals surface area contributed by atoms with E-state index in [4.69, 9.17) is 0 Å². The Kier molecular flexibility index (Phi) is 5.58. The van der Waals surface area contributed by atoms with Gasteiger partial charge in [0.25, 0.3) is 15.9 Å². The van der Waals surface area contributed by atoms with Crippen LogP contribution in [0.25, 0.3) is 0 Å². The molecule has 1 saturated heterocycles. The summed E-state index contributed by atoms with van der Waals surface area (Å²) >= 11 is 3.39. The lowest BCUT2D eigenvalue weighted by molar-refractivity contribution is -0.576. The lowest BCUT2D eigenvalue weighted by Crippen LogP contribution is -2.78. The van der Waals surface area contributed by atoms with Crippen LogP contribution in [-0.2, 0) is 10.0 Å². The zero-order valence-electron chi connectivity index (χ0n) is 16.9. The second-order valence-corrected chi connectivity index (χ2v) is 10.9. The molecule has 30 heavy (non-hydrogen) atoms. The van der Waals surface area contributed by atoms with E-state index in [1.165, 1.54) is 6.07 Å². The number of fused-ring (bicyclic) bond motifs is 6. The minimum absolute atomic E-state index is 0.173. The van der Waals surface area contributed by atoms with E-state index in [-0.39, 0.29) is 16.1 Å². The van der Waals surface area contributed by atoms with Crippen molar-refractivity contribution < 1.29 is 18.5 Å². The van der Waals surface area contributed by atoms with E-state index >= 15 is 0 Å². The standard InChI is InChI=1S/C20H24BrN5O3S/c1-20(2)11-13-5-4-10-22-16-6-3-7-17(24-16)30(28,29)25-19(27)14-8-9-15(21)23-18(14)26(20)12-13/h3,6-9,13H,4-5,10-12H2,1-2H3,(H,22,24)(H,25,27)/p+1/t13-/m0/s1. The number of amides is 1. The molecule has 0 radical (unpaired) electrons. The largest absolute Gasteiger partial charge is 0.351 e. The first-order chi connectivity index (χ1) is 14.2. The molecule has 4 rings (SSSR count). The molecule has 160 valence electrons. The molecule has 4 bridgehead atoms. The molecular formula is C20H25BrN5O3S+. The number of aromatic nitrogens is 2. The smallest absolute Gasteiger partial charge is 0.282 e. The topological polar surface area (TPSA) is 109 Å². The Morgan fingerprint density at radius 2 is 2.03 bits per heavy atom. The van der Waals surface area contributed by atoms with Crippen LogP contribution in [0.5, 0.6) is 0 Å². The summed E-state index contributed by atoms with van der Waals surface area (Å²) in [6.07, 6.45) is 3.02. The highest BCUT2D eigenvalue weighted by molar-refractivity contribution is 9.10. The molecule has 1 amide bonds. The molecule has 2 aromatic rings. The highest BCUT2D eigenvalue weighted by Crippen LogP contribution is 2.39. The lowest BCUT2D eigenvalue weighted by atomic mass is 9.93. The Balaban J connectivity index is 1.80. The van der Waals surface area contributed by atoms with Crippen molar-refractivity contribution in [3.8, 4) is 0 Å². The Hall–Kier alpha value is -2.04. The van der Waals surface area contributed by atoms with Crippen molar-refractivity contribution in [1.29, 1.82) is 0 Å². The monoisotopic (exact) mass is 494 g/mol. The number of quaternary nitrogens is 1. The predicted octanol–water partition coefficient (Wildman–Crippen LogP) is 1.95. The first-order valence-electron chi connectivity index (χ1n) is 9.97. The second kappa shape index (κ2) is 7.90. The summed E-state index contributed by atoms with van der Waals surface area (Å²) in [7, 11) is -4.11. The maximum absolute atomic E-state index is 13.0. The van der Waals surface area contributed by atoms with Crippen molar-refractivity contribution in [2.45, 2.75) is 43.7 Å². The molecule has 2 aromatic heterocycles. The van der Waals surface area contributed by atoms with Gasteiger partial charge >= 0.3 is 0 Å². The molecule has 1 fully saturated rings. The number of pyridine rings is 2. The average molecular weight is 495 g/mol. The van der Waals surface area contributed by atoms with E-state index in [0.29, 0.717) is 22.2 Å². The summed E-state index contributed by atoms with van der Waals surface area (Å²) in [6, 6.07) is 8.05. The molecule has 10 heteroatoms. The van der Waals surface area contributed by atoms with E-state index in [1.54, 1.807) is 24.3 Å². The molecule has 8 nitrogen and oxygen atoms in total. The number of sulfonamides is 1. The number of rotatable bonds is 0. The van der Waals surface area contributed by atoms with Crippen molar-refractivity contribution in [1.82, 2.24) is 14.7 Å². The highest BCUT2D eigenvalue weighted by Gasteiger charge is 2.40. The van der Waals surface area contributed by atoms with E-state index in [9.17, 15) is 13.2 Å². The molecule has 0 aliphatic carbocycles. The van der Waals surface area contributed by atoms with E-state index in [2.05, 4.69) is 49.4 Å². The number of carbonyl (C=O) groups excluding carboxylic acids is 1. The van der Waals surface area contributed by atoms with Crippen molar-refractivity contribution in [3.05, 3.63) is 40.5 Å². The number of anilines is 1. The molecule has 1 atom stereocenters. The summed E-state index contributed by atoms with van der Waals surface area (Å²) < 4.78 is 28.4. The second-order valence-electron chi connectivity index (χ2n) is 8.47. The average Bonchev–Trinajstić information content (AvgIpc) is 2.98. The Labute approximate surface area is 184 Å². The van der Waals surface area contributed by atoms with Crippen LogP contribution in [0.2, 0.25) is 0 Å². The number of nitrogens with two attached hydrogens (primary N) is 1. The van der Waals surface area contributed by atoms with Crippen molar-refractivity contribution in [2.75, 3.05) is 18.0 Å². The number of hydrogen-bond acceptors (Lipinski definition) is 6. The fourth-order valence-corrected chi connectivity index (χ4v) is 5.58. The fourth-order valence-electron chi connectivity index (χ4n) is 4.34. The number of carbonyl (C=O) groups is 1. The first-order valence-corrected chi connectivity index (χ1v) is 12.2. The number of hydrogen-bond donors (Lipinski definition) is 2. The predicted molar refractivity (Wildman–Crippen MR) is 116 cm³/mol. The van der Waals surface area contributed by atoms with Crippen molar-refractivity contribution in [3.63, 3.8) is 0 Å². The van der Waals surface area contributed by atoms with Crippen LogP contribution >= 0.6 is 15.9 Å². The molecule has 0 spiro atoms. The van der Waals surface area contributed by atoms with E-state index in [0.717, 1.165) is 32.4 Å². The minimum Gasteiger partial charge on any atom is -0.351 e. The molecular weight excluding hydrogens is 470 g/mol. The Morgan fingerprint density at radius 3 is 2.83 bits per heavy atom. The Morgan fingerprint density at radius 1 is 1.23 bits per heavy atom. The van der Waals surface area contributed by atoms with Gasteiger partial charge < -0.3 is 4.90 Å². The molecule has 0 unspecified atom stereocenters. The van der Waals surface area contributed by atoms with Crippen LogP contribution in [0.4, 0.5) is 11.6 Å². The maximum Gasteiger partial charge on any atom is 0.282 e. The summed E-state index contributed by atoms with van der Waals surface area (Å²) in [5, 5.41) is 1.78. The van der Waals surface area contributed by atoms with Gasteiger partial charge in [0.1, 0.15) is 10.4 Å². The fraction of sp³-hybridized carbons (Fsp3) is 0.450. The normalized spacial score (nSPS) is 23.1. The third-order valence-electron chi connectivity index (χ3n) is 5.72. The lowest BCUT2D eigenvalue weighted by Gasteiger charge is -2.33. The third kappa shape index (κ3) is 4.21. The number of nitrogens with zero attached hydrogens (tertiary/aromatic N) is 3. The summed E-state index contributed by atoms with van der Waals surface area (Å²) in [4.78, 5) is 24.0. The summed E-state index contributed by atoms with van der Waals surface area (Å²) in [5.41, 5.74) is 0.0343. The Bertz CT molecular complexity index is 1090. The van der Waals surface area contributed by atoms with Gasteiger partial charge in [-0.25, -0.2) is 9.71 Å². The van der Waals surface area contributed by atoms with E-state index in [1.807, 2.05) is 5.32 Å².